The molecule has 1 amide bonds. The molecule has 0 saturated carbocycles. The summed E-state index contributed by atoms with van der Waals surface area (Å²) in [5.74, 6) is 0.620. The van der Waals surface area contributed by atoms with E-state index in [1.54, 1.807) is 23.1 Å². The van der Waals surface area contributed by atoms with Crippen LogP contribution in [-0.4, -0.2) is 19.1 Å². The molecule has 0 saturated heterocycles. The highest BCUT2D eigenvalue weighted by Crippen LogP contribution is 2.34. The summed E-state index contributed by atoms with van der Waals surface area (Å²) in [4.78, 5) is 13.7. The van der Waals surface area contributed by atoms with Crippen molar-refractivity contribution in [1.82, 2.24) is 0 Å². The van der Waals surface area contributed by atoms with Crippen LogP contribution in [0.2, 0.25) is 5.02 Å². The zero-order valence-corrected chi connectivity index (χ0v) is 12.1. The molecule has 21 heavy (non-hydrogen) atoms. The maximum Gasteiger partial charge on any atom is 0.265 e. The minimum atomic E-state index is -0.0671. The number of nitrogens with zero attached hydrogens (tertiary/aromatic N) is 1. The summed E-state index contributed by atoms with van der Waals surface area (Å²) < 4.78 is 5.41. The highest BCUT2D eigenvalue weighted by molar-refractivity contribution is 6.31. The number of anilines is 1. The van der Waals surface area contributed by atoms with Crippen LogP contribution in [0.3, 0.4) is 0 Å². The molecule has 0 radical (unpaired) electrons. The molecule has 106 valence electrons. The molecule has 1 aliphatic heterocycles. The lowest BCUT2D eigenvalue weighted by Gasteiger charge is -2.28. The van der Waals surface area contributed by atoms with Gasteiger partial charge in [0.1, 0.15) is 5.75 Å². The Labute approximate surface area is 128 Å². The van der Waals surface area contributed by atoms with Crippen molar-refractivity contribution in [2.24, 2.45) is 0 Å². The number of amides is 1. The van der Waals surface area contributed by atoms with Crippen molar-refractivity contribution in [3.8, 4) is 5.75 Å². The van der Waals surface area contributed by atoms with Gasteiger partial charge in [-0.15, -0.1) is 0 Å². The van der Waals surface area contributed by atoms with E-state index in [-0.39, 0.29) is 12.5 Å². The SMILES string of the molecule is O=C1COc2ccc(Cl)cc2N1C/C=C/c1ccccc1. The first-order valence-electron chi connectivity index (χ1n) is 6.68. The van der Waals surface area contributed by atoms with Crippen molar-refractivity contribution in [1.29, 1.82) is 0 Å². The zero-order chi connectivity index (χ0) is 14.7. The van der Waals surface area contributed by atoms with E-state index in [1.807, 2.05) is 42.5 Å². The van der Waals surface area contributed by atoms with Gasteiger partial charge in [-0.2, -0.15) is 0 Å². The summed E-state index contributed by atoms with van der Waals surface area (Å²) >= 11 is 6.01. The van der Waals surface area contributed by atoms with Crippen LogP contribution in [0.15, 0.2) is 54.6 Å². The molecule has 0 fully saturated rings. The first kappa shape index (κ1) is 13.7. The molecule has 4 heteroatoms. The molecule has 0 spiro atoms. The molecular weight excluding hydrogens is 286 g/mol. The largest absolute Gasteiger partial charge is 0.482 e. The average molecular weight is 300 g/mol. The van der Waals surface area contributed by atoms with E-state index in [2.05, 4.69) is 0 Å². The van der Waals surface area contributed by atoms with Crippen molar-refractivity contribution >= 4 is 29.3 Å². The normalized spacial score (nSPS) is 14.1. The summed E-state index contributed by atoms with van der Waals surface area (Å²) in [6.07, 6.45) is 3.95. The Morgan fingerprint density at radius 2 is 2.00 bits per heavy atom. The van der Waals surface area contributed by atoms with Crippen LogP contribution >= 0.6 is 11.6 Å². The average Bonchev–Trinajstić information content (AvgIpc) is 2.50. The Morgan fingerprint density at radius 1 is 1.19 bits per heavy atom. The summed E-state index contributed by atoms with van der Waals surface area (Å²) in [6, 6.07) is 15.3. The van der Waals surface area contributed by atoms with Crippen LogP contribution in [0.25, 0.3) is 6.08 Å². The van der Waals surface area contributed by atoms with E-state index >= 15 is 0 Å². The molecular formula is C17H14ClNO2. The number of carbonyl (C=O) groups excluding carboxylic acids is 1. The van der Waals surface area contributed by atoms with Crippen molar-refractivity contribution in [2.75, 3.05) is 18.1 Å². The Balaban J connectivity index is 1.80. The highest BCUT2D eigenvalue weighted by atomic mass is 35.5. The molecule has 0 N–H and O–H groups in total. The van der Waals surface area contributed by atoms with E-state index in [0.29, 0.717) is 17.3 Å². The van der Waals surface area contributed by atoms with Crippen molar-refractivity contribution in [3.05, 3.63) is 65.2 Å². The predicted molar refractivity (Wildman–Crippen MR) is 84.8 cm³/mol. The quantitative estimate of drug-likeness (QED) is 0.863. The molecule has 0 atom stereocenters. The summed E-state index contributed by atoms with van der Waals surface area (Å²) in [6.45, 7) is 0.554. The third-order valence-electron chi connectivity index (χ3n) is 3.26. The van der Waals surface area contributed by atoms with Gasteiger partial charge >= 0.3 is 0 Å². The van der Waals surface area contributed by atoms with Crippen LogP contribution < -0.4 is 9.64 Å². The third-order valence-corrected chi connectivity index (χ3v) is 3.50. The van der Waals surface area contributed by atoms with E-state index in [0.717, 1.165) is 11.3 Å². The summed E-state index contributed by atoms with van der Waals surface area (Å²) in [7, 11) is 0. The van der Waals surface area contributed by atoms with Crippen LogP contribution in [0.4, 0.5) is 5.69 Å². The maximum absolute atomic E-state index is 12.0. The van der Waals surface area contributed by atoms with Gasteiger partial charge in [-0.3, -0.25) is 4.79 Å². The number of hydrogen-bond donors (Lipinski definition) is 0. The number of hydrogen-bond acceptors (Lipinski definition) is 2. The third kappa shape index (κ3) is 3.09. The van der Waals surface area contributed by atoms with Gasteiger partial charge in [0.15, 0.2) is 6.61 Å². The summed E-state index contributed by atoms with van der Waals surface area (Å²) in [5, 5.41) is 0.587. The van der Waals surface area contributed by atoms with Gasteiger partial charge in [-0.25, -0.2) is 0 Å². The van der Waals surface area contributed by atoms with Gasteiger partial charge < -0.3 is 9.64 Å². The van der Waals surface area contributed by atoms with Crippen LogP contribution in [0, 0.1) is 0 Å². The van der Waals surface area contributed by atoms with Crippen molar-refractivity contribution in [2.45, 2.75) is 0 Å². The fourth-order valence-corrected chi connectivity index (χ4v) is 2.40. The van der Waals surface area contributed by atoms with Crippen molar-refractivity contribution < 1.29 is 9.53 Å². The first-order chi connectivity index (χ1) is 10.2. The Bertz CT molecular complexity index is 682. The highest BCUT2D eigenvalue weighted by Gasteiger charge is 2.24. The van der Waals surface area contributed by atoms with E-state index in [4.69, 9.17) is 16.3 Å². The maximum atomic E-state index is 12.0. The molecule has 0 unspecified atom stereocenters. The minimum Gasteiger partial charge on any atom is -0.482 e. The first-order valence-corrected chi connectivity index (χ1v) is 7.06. The number of benzene rings is 2. The lowest BCUT2D eigenvalue weighted by Crippen LogP contribution is -2.38. The number of halogens is 1. The molecule has 2 aromatic carbocycles. The van der Waals surface area contributed by atoms with E-state index < -0.39 is 0 Å². The van der Waals surface area contributed by atoms with Crippen LogP contribution in [0.5, 0.6) is 5.75 Å². The van der Waals surface area contributed by atoms with Crippen LogP contribution in [0.1, 0.15) is 5.56 Å². The van der Waals surface area contributed by atoms with E-state index in [9.17, 15) is 4.79 Å². The Morgan fingerprint density at radius 3 is 2.81 bits per heavy atom. The van der Waals surface area contributed by atoms with Crippen molar-refractivity contribution in [3.63, 3.8) is 0 Å². The second-order valence-electron chi connectivity index (χ2n) is 4.72. The molecule has 3 rings (SSSR count). The van der Waals surface area contributed by atoms with Gasteiger partial charge in [-0.05, 0) is 23.8 Å². The van der Waals surface area contributed by atoms with Gasteiger partial charge in [0.25, 0.3) is 5.91 Å². The molecule has 0 bridgehead atoms. The Hall–Kier alpha value is -2.26. The fourth-order valence-electron chi connectivity index (χ4n) is 2.23. The second kappa shape index (κ2) is 6.02. The van der Waals surface area contributed by atoms with Gasteiger partial charge in [0, 0.05) is 11.6 Å². The zero-order valence-electron chi connectivity index (χ0n) is 11.3. The molecule has 1 heterocycles. The summed E-state index contributed by atoms with van der Waals surface area (Å²) in [5.41, 5.74) is 1.82. The smallest absolute Gasteiger partial charge is 0.265 e. The standard InChI is InChI=1S/C17H14ClNO2/c18-14-8-9-16-15(11-14)19(17(20)12-21-16)10-4-7-13-5-2-1-3-6-13/h1-9,11H,10,12H2/b7-4+. The number of carbonyl (C=O) groups is 1. The number of fused-ring (bicyclic) bond motifs is 1. The second-order valence-corrected chi connectivity index (χ2v) is 5.15. The number of ether oxygens (including phenoxy) is 1. The lowest BCUT2D eigenvalue weighted by atomic mass is 10.2. The van der Waals surface area contributed by atoms with Gasteiger partial charge in [0.2, 0.25) is 0 Å². The topological polar surface area (TPSA) is 29.5 Å². The molecule has 0 aliphatic carbocycles. The molecule has 2 aromatic rings. The predicted octanol–water partition coefficient (Wildman–Crippen LogP) is 3.78. The van der Waals surface area contributed by atoms with Gasteiger partial charge in [-0.1, -0.05) is 54.1 Å². The van der Waals surface area contributed by atoms with E-state index in [1.165, 1.54) is 0 Å². The molecule has 0 aromatic heterocycles. The minimum absolute atomic E-state index is 0.0633. The Kier molecular flexibility index (Phi) is 3.93. The molecule has 1 aliphatic rings. The molecule has 3 nitrogen and oxygen atoms in total. The monoisotopic (exact) mass is 299 g/mol. The van der Waals surface area contributed by atoms with Crippen LogP contribution in [-0.2, 0) is 4.79 Å². The van der Waals surface area contributed by atoms with Gasteiger partial charge in [0.05, 0.1) is 5.69 Å². The lowest BCUT2D eigenvalue weighted by molar-refractivity contribution is -0.121. The fraction of sp³-hybridized carbons (Fsp3) is 0.118. The number of rotatable bonds is 3.